The Hall–Kier alpha value is -3.63. The lowest BCUT2D eigenvalue weighted by Gasteiger charge is -2.12. The first-order valence-electron chi connectivity index (χ1n) is 11.9. The standard InChI is InChI=1S/C27H25IN7O2P/c1-17(2)31-25(36)16-37-22-5-3-4-19(12-22)26-33-24-10-11-29-14-23(24)27(34-26)32-21-8-6-18(7-9-21)20-13-30-35(15-20)38-28/h3-15,17,38H,16H2,1-2H3,(H,31,36)(H,32,33,34). The largest absolute Gasteiger partial charge is 0.484 e. The van der Waals surface area contributed by atoms with Gasteiger partial charge in [0.05, 0.1) is 23.5 Å². The van der Waals surface area contributed by atoms with Crippen molar-refractivity contribution in [2.24, 2.45) is 0 Å². The highest BCUT2D eigenvalue weighted by atomic mass is 127. The van der Waals surface area contributed by atoms with Crippen molar-refractivity contribution in [3.05, 3.63) is 79.4 Å². The lowest BCUT2D eigenvalue weighted by molar-refractivity contribution is -0.123. The Bertz CT molecular complexity index is 1570. The summed E-state index contributed by atoms with van der Waals surface area (Å²) in [5, 5.41) is 11.4. The molecule has 0 aliphatic rings. The number of nitrogens with one attached hydrogen (secondary N) is 2. The van der Waals surface area contributed by atoms with Gasteiger partial charge in [0.25, 0.3) is 5.91 Å². The van der Waals surface area contributed by atoms with Gasteiger partial charge in [0.15, 0.2) is 12.4 Å². The van der Waals surface area contributed by atoms with E-state index in [0.29, 0.717) is 23.8 Å². The number of pyridine rings is 1. The van der Waals surface area contributed by atoms with Crippen molar-refractivity contribution >= 4 is 56.7 Å². The summed E-state index contributed by atoms with van der Waals surface area (Å²) in [6.07, 6.45) is 7.94. The van der Waals surface area contributed by atoms with Crippen LogP contribution in [0.5, 0.6) is 5.75 Å². The lowest BCUT2D eigenvalue weighted by atomic mass is 10.1. The van der Waals surface area contributed by atoms with Crippen LogP contribution in [0.4, 0.5) is 11.5 Å². The van der Waals surface area contributed by atoms with Crippen molar-refractivity contribution in [2.75, 3.05) is 11.9 Å². The molecule has 3 heterocycles. The van der Waals surface area contributed by atoms with Crippen LogP contribution in [0.1, 0.15) is 13.8 Å². The van der Waals surface area contributed by atoms with Crippen LogP contribution in [0.15, 0.2) is 79.4 Å². The van der Waals surface area contributed by atoms with Gasteiger partial charge in [-0.1, -0.05) is 24.3 Å². The molecular formula is C27H25IN7O2P. The molecular weight excluding hydrogens is 612 g/mol. The highest BCUT2D eigenvalue weighted by Gasteiger charge is 2.12. The molecule has 3 aromatic heterocycles. The number of benzene rings is 2. The van der Waals surface area contributed by atoms with Crippen LogP contribution < -0.4 is 15.4 Å². The van der Waals surface area contributed by atoms with Gasteiger partial charge in [-0.15, -0.1) is 0 Å². The maximum absolute atomic E-state index is 12.0. The van der Waals surface area contributed by atoms with Crippen LogP contribution in [-0.4, -0.2) is 43.1 Å². The number of rotatable bonds is 9. The van der Waals surface area contributed by atoms with Crippen LogP contribution in [0.25, 0.3) is 33.4 Å². The van der Waals surface area contributed by atoms with Crippen molar-refractivity contribution in [2.45, 2.75) is 19.9 Å². The fourth-order valence-electron chi connectivity index (χ4n) is 3.83. The van der Waals surface area contributed by atoms with Crippen LogP contribution in [0.2, 0.25) is 0 Å². The number of amides is 1. The predicted molar refractivity (Wildman–Crippen MR) is 160 cm³/mol. The normalized spacial score (nSPS) is 11.4. The van der Waals surface area contributed by atoms with Crippen molar-refractivity contribution in [3.8, 4) is 28.3 Å². The van der Waals surface area contributed by atoms with Gasteiger partial charge in [-0.05, 0) is 71.8 Å². The quantitative estimate of drug-likeness (QED) is 0.151. The van der Waals surface area contributed by atoms with Crippen molar-refractivity contribution in [1.29, 1.82) is 0 Å². The number of fused-ring (bicyclic) bond motifs is 1. The molecule has 0 radical (unpaired) electrons. The van der Waals surface area contributed by atoms with Crippen molar-refractivity contribution < 1.29 is 9.53 Å². The molecule has 0 saturated heterocycles. The summed E-state index contributed by atoms with van der Waals surface area (Å²) in [6, 6.07) is 17.5. The molecule has 0 bridgehead atoms. The number of anilines is 2. The smallest absolute Gasteiger partial charge is 0.258 e. The molecule has 2 aromatic carbocycles. The number of nitrogens with zero attached hydrogens (tertiary/aromatic N) is 5. The first-order valence-corrected chi connectivity index (χ1v) is 16.0. The summed E-state index contributed by atoms with van der Waals surface area (Å²) < 4.78 is 7.62. The van der Waals surface area contributed by atoms with E-state index in [0.717, 1.165) is 33.3 Å². The molecule has 38 heavy (non-hydrogen) atoms. The minimum atomic E-state index is -0.170. The van der Waals surface area contributed by atoms with E-state index in [1.807, 2.05) is 73.2 Å². The van der Waals surface area contributed by atoms with Gasteiger partial charge in [0, 0.05) is 41.4 Å². The van der Waals surface area contributed by atoms with Crippen molar-refractivity contribution in [3.63, 3.8) is 0 Å². The highest BCUT2D eigenvalue weighted by Crippen LogP contribution is 2.30. The van der Waals surface area contributed by atoms with Gasteiger partial charge in [-0.3, -0.25) is 9.78 Å². The summed E-state index contributed by atoms with van der Waals surface area (Å²) in [5.74, 6) is 1.58. The predicted octanol–water partition coefficient (Wildman–Crippen LogP) is 5.99. The Morgan fingerprint density at radius 3 is 2.66 bits per heavy atom. The molecule has 0 aliphatic carbocycles. The number of carbonyl (C=O) groups excluding carboxylic acids is 1. The van der Waals surface area contributed by atoms with Crippen molar-refractivity contribution in [1.82, 2.24) is 29.8 Å². The Balaban J connectivity index is 1.41. The number of carbonyl (C=O) groups is 1. The molecule has 5 rings (SSSR count). The Morgan fingerprint density at radius 2 is 1.89 bits per heavy atom. The average Bonchev–Trinajstić information content (AvgIpc) is 3.42. The van der Waals surface area contributed by atoms with Crippen LogP contribution in [-0.2, 0) is 4.79 Å². The monoisotopic (exact) mass is 637 g/mol. The van der Waals surface area contributed by atoms with Gasteiger partial charge in [0.2, 0.25) is 0 Å². The summed E-state index contributed by atoms with van der Waals surface area (Å²) in [6.45, 7) is 3.76. The maximum atomic E-state index is 12.0. The van der Waals surface area contributed by atoms with Crippen LogP contribution in [0, 0.1) is 0 Å². The third-order valence-corrected chi connectivity index (χ3v) is 7.46. The topological polar surface area (TPSA) is 107 Å². The fraction of sp³-hybridized carbons (Fsp3) is 0.148. The minimum absolute atomic E-state index is 0.0557. The number of aromatic nitrogens is 5. The van der Waals surface area contributed by atoms with Gasteiger partial charge in [-0.2, -0.15) is 5.10 Å². The minimum Gasteiger partial charge on any atom is -0.484 e. The first kappa shape index (κ1) is 26.0. The Kier molecular flexibility index (Phi) is 8.09. The molecule has 11 heteroatoms. The highest BCUT2D eigenvalue weighted by molar-refractivity contribution is 14.2. The Morgan fingerprint density at radius 1 is 1.05 bits per heavy atom. The SMILES string of the molecule is CC(C)NC(=O)COc1cccc(-c2nc(Nc3ccc(-c4cnn(PI)c4)cc3)c3cnccc3n2)c1. The van der Waals surface area contributed by atoms with E-state index in [1.165, 1.54) is 0 Å². The molecule has 0 spiro atoms. The second-order valence-electron chi connectivity index (χ2n) is 8.79. The van der Waals surface area contributed by atoms with Gasteiger partial charge < -0.3 is 15.4 Å². The van der Waals surface area contributed by atoms with Crippen LogP contribution in [0.3, 0.4) is 0 Å². The lowest BCUT2D eigenvalue weighted by Crippen LogP contribution is -2.34. The zero-order chi connectivity index (χ0) is 26.5. The zero-order valence-corrected chi connectivity index (χ0v) is 23.9. The molecule has 1 amide bonds. The van der Waals surface area contributed by atoms with E-state index < -0.39 is 0 Å². The molecule has 9 nitrogen and oxygen atoms in total. The van der Waals surface area contributed by atoms with Crippen LogP contribution >= 0.6 is 28.4 Å². The summed E-state index contributed by atoms with van der Waals surface area (Å²) in [5.41, 5.74) is 4.59. The molecule has 0 aliphatic heterocycles. The number of hydrogen-bond acceptors (Lipinski definition) is 7. The maximum Gasteiger partial charge on any atom is 0.258 e. The molecule has 1 unspecified atom stereocenters. The number of halogens is 1. The van der Waals surface area contributed by atoms with E-state index in [4.69, 9.17) is 14.7 Å². The van der Waals surface area contributed by atoms with Gasteiger partial charge >= 0.3 is 0 Å². The molecule has 0 fully saturated rings. The summed E-state index contributed by atoms with van der Waals surface area (Å²) >= 11 is 2.31. The molecule has 1 atom stereocenters. The third kappa shape index (κ3) is 6.25. The average molecular weight is 637 g/mol. The van der Waals surface area contributed by atoms with E-state index in [-0.39, 0.29) is 18.6 Å². The Labute approximate surface area is 234 Å². The van der Waals surface area contributed by atoms with E-state index >= 15 is 0 Å². The van der Waals surface area contributed by atoms with Gasteiger partial charge in [-0.25, -0.2) is 14.4 Å². The van der Waals surface area contributed by atoms with E-state index in [9.17, 15) is 4.79 Å². The fourth-order valence-corrected chi connectivity index (χ4v) is 4.92. The summed E-state index contributed by atoms with van der Waals surface area (Å²) in [4.78, 5) is 25.8. The van der Waals surface area contributed by atoms with Gasteiger partial charge in [0.1, 0.15) is 11.6 Å². The first-order chi connectivity index (χ1) is 18.5. The number of ether oxygens (including phenoxy) is 1. The molecule has 0 saturated carbocycles. The third-order valence-electron chi connectivity index (χ3n) is 5.56. The zero-order valence-electron chi connectivity index (χ0n) is 20.7. The summed E-state index contributed by atoms with van der Waals surface area (Å²) in [7, 11) is 0. The molecule has 192 valence electrons. The molecule has 2 N–H and O–H groups in total. The second-order valence-corrected chi connectivity index (χ2v) is 10.9. The second kappa shape index (κ2) is 11.8. The molecule has 5 aromatic rings. The van der Waals surface area contributed by atoms with E-state index in [1.54, 1.807) is 12.4 Å². The number of hydrogen-bond donors (Lipinski definition) is 2. The van der Waals surface area contributed by atoms with E-state index in [2.05, 4.69) is 54.9 Å².